The van der Waals surface area contributed by atoms with Gasteiger partial charge in [0.2, 0.25) is 15.9 Å². The highest BCUT2D eigenvalue weighted by atomic mass is 32.2. The average Bonchev–Trinajstić information content (AvgIpc) is 2.64. The van der Waals surface area contributed by atoms with Crippen LogP contribution in [-0.2, 0) is 21.2 Å². The highest BCUT2D eigenvalue weighted by Crippen LogP contribution is 2.16. The highest BCUT2D eigenvalue weighted by molar-refractivity contribution is 7.89. The average molecular weight is 377 g/mol. The number of amides is 1. The van der Waals surface area contributed by atoms with Crippen LogP contribution in [0.1, 0.15) is 12.0 Å². The summed E-state index contributed by atoms with van der Waals surface area (Å²) in [4.78, 5) is 21.6. The van der Waals surface area contributed by atoms with Crippen LogP contribution in [-0.4, -0.2) is 32.3 Å². The molecular weight excluding hydrogens is 358 g/mol. The van der Waals surface area contributed by atoms with Crippen LogP contribution in [0.2, 0.25) is 0 Å². The van der Waals surface area contributed by atoms with E-state index in [-0.39, 0.29) is 29.6 Å². The summed E-state index contributed by atoms with van der Waals surface area (Å²) in [7, 11) is -3.88. The predicted octanol–water partition coefficient (Wildman–Crippen LogP) is 1.62. The summed E-state index contributed by atoms with van der Waals surface area (Å²) in [5, 5.41) is 13.4. The fraction of sp³-hybridized carbons (Fsp3) is 0.235. The second-order valence-electron chi connectivity index (χ2n) is 5.49. The minimum Gasteiger partial charge on any atom is -0.355 e. The Morgan fingerprint density at radius 3 is 2.46 bits per heavy atom. The first-order chi connectivity index (χ1) is 12.4. The van der Waals surface area contributed by atoms with Crippen molar-refractivity contribution in [2.75, 3.05) is 13.1 Å². The van der Waals surface area contributed by atoms with Crippen molar-refractivity contribution < 1.29 is 18.1 Å². The van der Waals surface area contributed by atoms with Gasteiger partial charge in [0.1, 0.15) is 0 Å². The number of aryl methyl sites for hydroxylation is 1. The predicted molar refractivity (Wildman–Crippen MR) is 96.1 cm³/mol. The van der Waals surface area contributed by atoms with E-state index in [1.807, 2.05) is 30.3 Å². The van der Waals surface area contributed by atoms with Gasteiger partial charge in [0, 0.05) is 31.6 Å². The molecule has 0 fully saturated rings. The molecule has 2 aromatic carbocycles. The molecule has 2 rings (SSSR count). The Labute approximate surface area is 151 Å². The highest BCUT2D eigenvalue weighted by Gasteiger charge is 2.17. The van der Waals surface area contributed by atoms with Gasteiger partial charge in [-0.2, -0.15) is 0 Å². The first kappa shape index (κ1) is 19.5. The van der Waals surface area contributed by atoms with Crippen molar-refractivity contribution in [3.05, 3.63) is 70.3 Å². The molecule has 2 aromatic rings. The number of non-ortho nitro benzene ring substituents is 1. The molecule has 0 heterocycles. The van der Waals surface area contributed by atoms with E-state index in [0.717, 1.165) is 11.6 Å². The van der Waals surface area contributed by atoms with Crippen molar-refractivity contribution in [1.29, 1.82) is 0 Å². The van der Waals surface area contributed by atoms with Crippen LogP contribution >= 0.6 is 0 Å². The summed E-state index contributed by atoms with van der Waals surface area (Å²) in [5.74, 6) is -0.177. The Hall–Kier alpha value is -2.78. The summed E-state index contributed by atoms with van der Waals surface area (Å²) in [6.07, 6.45) is 0.910. The molecule has 2 N–H and O–H groups in total. The van der Waals surface area contributed by atoms with Crippen molar-refractivity contribution in [1.82, 2.24) is 10.0 Å². The maximum Gasteiger partial charge on any atom is 0.270 e. The largest absolute Gasteiger partial charge is 0.355 e. The van der Waals surface area contributed by atoms with Gasteiger partial charge in [0.25, 0.3) is 5.69 Å². The van der Waals surface area contributed by atoms with Crippen molar-refractivity contribution in [2.45, 2.75) is 17.7 Å². The monoisotopic (exact) mass is 377 g/mol. The Bertz CT molecular complexity index is 869. The van der Waals surface area contributed by atoms with Gasteiger partial charge in [0.05, 0.1) is 9.82 Å². The van der Waals surface area contributed by atoms with Crippen molar-refractivity contribution in [3.8, 4) is 0 Å². The molecule has 8 nitrogen and oxygen atoms in total. The van der Waals surface area contributed by atoms with E-state index in [1.54, 1.807) is 0 Å². The number of hydrogen-bond acceptors (Lipinski definition) is 5. The summed E-state index contributed by atoms with van der Waals surface area (Å²) < 4.78 is 26.5. The summed E-state index contributed by atoms with van der Waals surface area (Å²) in [6, 6.07) is 14.3. The van der Waals surface area contributed by atoms with E-state index < -0.39 is 14.9 Å². The third-order valence-corrected chi connectivity index (χ3v) is 5.02. The molecule has 0 saturated heterocycles. The number of nitro groups is 1. The second kappa shape index (κ2) is 9.07. The number of nitrogens with one attached hydrogen (secondary N) is 2. The van der Waals surface area contributed by atoms with Gasteiger partial charge in [-0.1, -0.05) is 36.4 Å². The first-order valence-electron chi connectivity index (χ1n) is 7.93. The van der Waals surface area contributed by atoms with E-state index in [0.29, 0.717) is 12.8 Å². The maximum absolute atomic E-state index is 12.1. The molecule has 0 aliphatic rings. The van der Waals surface area contributed by atoms with Crippen LogP contribution < -0.4 is 10.0 Å². The summed E-state index contributed by atoms with van der Waals surface area (Å²) in [6.45, 7) is 0.115. The van der Waals surface area contributed by atoms with Crippen LogP contribution in [0.5, 0.6) is 0 Å². The number of benzene rings is 2. The lowest BCUT2D eigenvalue weighted by atomic mass is 10.1. The molecule has 0 atom stereocenters. The standard InChI is InChI=1S/C17H19N3O5S/c21-17(10-9-14-5-2-1-3-6-14)18-11-12-19-26(24,25)16-8-4-7-15(13-16)20(22)23/h1-8,13,19H,9-12H2,(H,18,21). The zero-order valence-corrected chi connectivity index (χ0v) is 14.7. The number of carbonyl (C=O) groups excluding carboxylic acids is 1. The molecule has 0 unspecified atom stereocenters. The topological polar surface area (TPSA) is 118 Å². The normalized spacial score (nSPS) is 11.1. The van der Waals surface area contributed by atoms with Crippen LogP contribution in [0.25, 0.3) is 0 Å². The number of sulfonamides is 1. The fourth-order valence-corrected chi connectivity index (χ4v) is 3.30. The molecule has 0 bridgehead atoms. The van der Waals surface area contributed by atoms with Crippen molar-refractivity contribution in [3.63, 3.8) is 0 Å². The van der Waals surface area contributed by atoms with Crippen LogP contribution in [0.4, 0.5) is 5.69 Å². The lowest BCUT2D eigenvalue weighted by molar-refractivity contribution is -0.385. The molecule has 0 spiro atoms. The van der Waals surface area contributed by atoms with Crippen LogP contribution in [0.3, 0.4) is 0 Å². The third-order valence-electron chi connectivity index (χ3n) is 3.56. The molecule has 138 valence electrons. The maximum atomic E-state index is 12.1. The van der Waals surface area contributed by atoms with Crippen molar-refractivity contribution in [2.24, 2.45) is 0 Å². The van der Waals surface area contributed by atoms with Crippen LogP contribution in [0.15, 0.2) is 59.5 Å². The lowest BCUT2D eigenvalue weighted by Gasteiger charge is -2.08. The van der Waals surface area contributed by atoms with Crippen LogP contribution in [0, 0.1) is 10.1 Å². The molecular formula is C17H19N3O5S. The molecule has 0 radical (unpaired) electrons. The fourth-order valence-electron chi connectivity index (χ4n) is 2.23. The van der Waals surface area contributed by atoms with Gasteiger partial charge in [-0.15, -0.1) is 0 Å². The van der Waals surface area contributed by atoms with E-state index >= 15 is 0 Å². The van der Waals surface area contributed by atoms with Gasteiger partial charge >= 0.3 is 0 Å². The Morgan fingerprint density at radius 2 is 1.77 bits per heavy atom. The zero-order chi connectivity index (χ0) is 19.0. The van der Waals surface area contributed by atoms with Gasteiger partial charge in [0.15, 0.2) is 0 Å². The number of rotatable bonds is 9. The number of carbonyl (C=O) groups is 1. The first-order valence-corrected chi connectivity index (χ1v) is 9.41. The molecule has 0 saturated carbocycles. The summed E-state index contributed by atoms with van der Waals surface area (Å²) >= 11 is 0. The van der Waals surface area contributed by atoms with E-state index in [9.17, 15) is 23.3 Å². The van der Waals surface area contributed by atoms with Gasteiger partial charge in [-0.3, -0.25) is 14.9 Å². The lowest BCUT2D eigenvalue weighted by Crippen LogP contribution is -2.34. The van der Waals surface area contributed by atoms with E-state index in [2.05, 4.69) is 10.0 Å². The number of hydrogen-bond donors (Lipinski definition) is 2. The minimum absolute atomic E-state index is 0.0118. The second-order valence-corrected chi connectivity index (χ2v) is 7.25. The van der Waals surface area contributed by atoms with Gasteiger partial charge in [-0.25, -0.2) is 13.1 Å². The minimum atomic E-state index is -3.88. The quantitative estimate of drug-likeness (QED) is 0.391. The van der Waals surface area contributed by atoms with E-state index in [1.165, 1.54) is 18.2 Å². The van der Waals surface area contributed by atoms with Gasteiger partial charge in [-0.05, 0) is 18.1 Å². The summed E-state index contributed by atoms with van der Waals surface area (Å²) in [5.41, 5.74) is 0.746. The SMILES string of the molecule is O=C(CCc1ccccc1)NCCNS(=O)(=O)c1cccc([N+](=O)[O-])c1. The third kappa shape index (κ3) is 5.94. The van der Waals surface area contributed by atoms with E-state index in [4.69, 9.17) is 0 Å². The Balaban J connectivity index is 1.77. The number of nitro benzene ring substituents is 1. The molecule has 0 aromatic heterocycles. The smallest absolute Gasteiger partial charge is 0.270 e. The zero-order valence-electron chi connectivity index (χ0n) is 13.9. The molecule has 26 heavy (non-hydrogen) atoms. The van der Waals surface area contributed by atoms with Crippen molar-refractivity contribution >= 4 is 21.6 Å². The Morgan fingerprint density at radius 1 is 1.04 bits per heavy atom. The molecule has 9 heteroatoms. The number of nitrogens with zero attached hydrogens (tertiary/aromatic N) is 1. The molecule has 0 aliphatic carbocycles. The Kier molecular flexibility index (Phi) is 6.81. The molecule has 0 aliphatic heterocycles. The van der Waals surface area contributed by atoms with Gasteiger partial charge < -0.3 is 5.32 Å². The molecule has 1 amide bonds.